The fraction of sp³-hybridized carbons (Fsp3) is 0.167. The Labute approximate surface area is 112 Å². The first kappa shape index (κ1) is 12.0. The van der Waals surface area contributed by atoms with Crippen molar-refractivity contribution in [1.82, 2.24) is 0 Å². The van der Waals surface area contributed by atoms with E-state index in [0.717, 1.165) is 11.1 Å². The largest absolute Gasteiger partial charge is 0.320 e. The van der Waals surface area contributed by atoms with Crippen LogP contribution < -0.4 is 5.73 Å². The Morgan fingerprint density at radius 2 is 2.06 bits per heavy atom. The number of halogens is 2. The molecule has 2 rings (SSSR count). The van der Waals surface area contributed by atoms with E-state index < -0.39 is 0 Å². The van der Waals surface area contributed by atoms with Crippen molar-refractivity contribution in [2.75, 3.05) is 0 Å². The average molecular weight is 347 g/mol. The van der Waals surface area contributed by atoms with Crippen LogP contribution in [0.3, 0.4) is 0 Å². The van der Waals surface area contributed by atoms with Gasteiger partial charge in [0.2, 0.25) is 0 Å². The summed E-state index contributed by atoms with van der Waals surface area (Å²) in [6.45, 7) is 1.75. The van der Waals surface area contributed by atoms with Crippen molar-refractivity contribution in [2.24, 2.45) is 5.73 Å². The van der Waals surface area contributed by atoms with E-state index in [1.165, 1.54) is 8.95 Å². The van der Waals surface area contributed by atoms with Gasteiger partial charge in [0.25, 0.3) is 0 Å². The predicted molar refractivity (Wildman–Crippen MR) is 74.2 cm³/mol. The van der Waals surface area contributed by atoms with Crippen molar-refractivity contribution < 1.29 is 4.39 Å². The molecule has 0 aliphatic heterocycles. The van der Waals surface area contributed by atoms with Crippen LogP contribution in [0, 0.1) is 15.6 Å². The van der Waals surface area contributed by atoms with E-state index >= 15 is 0 Å². The molecule has 0 saturated carbocycles. The predicted octanol–water partition coefficient (Wildman–Crippen LogP) is 3.85. The van der Waals surface area contributed by atoms with Crippen LogP contribution in [0.15, 0.2) is 29.6 Å². The second kappa shape index (κ2) is 4.81. The van der Waals surface area contributed by atoms with Crippen LogP contribution in [0.5, 0.6) is 0 Å². The number of benzene rings is 1. The molecule has 1 heterocycles. The summed E-state index contributed by atoms with van der Waals surface area (Å²) in [6, 6.07) is 6.93. The minimum atomic E-state index is -0.184. The standard InChI is InChI=1S/C12H11FINS/c1-7-4-8(2-3-10(7)13)12(15)9-5-11(14)16-6-9/h2-6,12H,15H2,1H3. The van der Waals surface area contributed by atoms with Gasteiger partial charge in [-0.25, -0.2) is 4.39 Å². The van der Waals surface area contributed by atoms with Crippen LogP contribution in [0.25, 0.3) is 0 Å². The highest BCUT2D eigenvalue weighted by molar-refractivity contribution is 14.1. The van der Waals surface area contributed by atoms with Gasteiger partial charge < -0.3 is 5.73 Å². The lowest BCUT2D eigenvalue weighted by molar-refractivity contribution is 0.617. The van der Waals surface area contributed by atoms with Gasteiger partial charge in [-0.2, -0.15) is 0 Å². The zero-order valence-corrected chi connectivity index (χ0v) is 11.7. The first-order valence-electron chi connectivity index (χ1n) is 4.83. The van der Waals surface area contributed by atoms with E-state index in [1.807, 2.05) is 11.4 Å². The lowest BCUT2D eigenvalue weighted by Gasteiger charge is -2.11. The number of hydrogen-bond donors (Lipinski definition) is 1. The van der Waals surface area contributed by atoms with E-state index in [0.29, 0.717) is 5.56 Å². The van der Waals surface area contributed by atoms with E-state index in [1.54, 1.807) is 24.3 Å². The Balaban J connectivity index is 2.33. The van der Waals surface area contributed by atoms with E-state index in [2.05, 4.69) is 28.7 Å². The molecule has 0 amide bonds. The van der Waals surface area contributed by atoms with Crippen LogP contribution in [0.1, 0.15) is 22.7 Å². The van der Waals surface area contributed by atoms with Crippen molar-refractivity contribution in [3.8, 4) is 0 Å². The van der Waals surface area contributed by atoms with Crippen LogP contribution in [0.4, 0.5) is 4.39 Å². The van der Waals surface area contributed by atoms with Gasteiger partial charge in [-0.05, 0) is 63.7 Å². The van der Waals surface area contributed by atoms with E-state index in [-0.39, 0.29) is 11.9 Å². The van der Waals surface area contributed by atoms with Crippen molar-refractivity contribution >= 4 is 33.9 Å². The van der Waals surface area contributed by atoms with Crippen LogP contribution in [0.2, 0.25) is 0 Å². The van der Waals surface area contributed by atoms with Crippen LogP contribution in [-0.2, 0) is 0 Å². The highest BCUT2D eigenvalue weighted by atomic mass is 127. The molecule has 2 N–H and O–H groups in total. The molecule has 16 heavy (non-hydrogen) atoms. The van der Waals surface area contributed by atoms with Crippen molar-refractivity contribution in [3.63, 3.8) is 0 Å². The van der Waals surface area contributed by atoms with Gasteiger partial charge >= 0.3 is 0 Å². The molecule has 4 heteroatoms. The van der Waals surface area contributed by atoms with Gasteiger partial charge in [0.1, 0.15) is 5.82 Å². The monoisotopic (exact) mass is 347 g/mol. The molecule has 0 aliphatic rings. The van der Waals surface area contributed by atoms with Gasteiger partial charge in [-0.1, -0.05) is 12.1 Å². The first-order chi connectivity index (χ1) is 7.58. The Morgan fingerprint density at radius 3 is 2.62 bits per heavy atom. The molecular weight excluding hydrogens is 336 g/mol. The fourth-order valence-corrected chi connectivity index (χ4v) is 2.95. The third-order valence-electron chi connectivity index (χ3n) is 2.49. The molecule has 1 atom stereocenters. The second-order valence-corrected chi connectivity index (χ2v) is 6.48. The smallest absolute Gasteiger partial charge is 0.126 e. The summed E-state index contributed by atoms with van der Waals surface area (Å²) in [4.78, 5) is 0. The highest BCUT2D eigenvalue weighted by Gasteiger charge is 2.11. The molecule has 0 aliphatic carbocycles. The number of nitrogens with two attached hydrogens (primary N) is 1. The van der Waals surface area contributed by atoms with Gasteiger partial charge in [0, 0.05) is 0 Å². The van der Waals surface area contributed by atoms with E-state index in [4.69, 9.17) is 5.73 Å². The Hall–Kier alpha value is -0.460. The van der Waals surface area contributed by atoms with Gasteiger partial charge in [-0.3, -0.25) is 0 Å². The lowest BCUT2D eigenvalue weighted by atomic mass is 10.0. The summed E-state index contributed by atoms with van der Waals surface area (Å²) >= 11 is 3.94. The zero-order valence-electron chi connectivity index (χ0n) is 8.71. The molecule has 0 radical (unpaired) electrons. The van der Waals surface area contributed by atoms with Gasteiger partial charge in [0.15, 0.2) is 0 Å². The maximum Gasteiger partial charge on any atom is 0.126 e. The van der Waals surface area contributed by atoms with Gasteiger partial charge in [0.05, 0.1) is 8.93 Å². The molecule has 1 unspecified atom stereocenters. The SMILES string of the molecule is Cc1cc(C(N)c2csc(I)c2)ccc1F. The summed E-state index contributed by atoms with van der Waals surface area (Å²) in [6.07, 6.45) is 0. The minimum absolute atomic E-state index is 0.168. The summed E-state index contributed by atoms with van der Waals surface area (Å²) in [7, 11) is 0. The molecule has 1 aromatic carbocycles. The van der Waals surface area contributed by atoms with Gasteiger partial charge in [-0.15, -0.1) is 11.3 Å². The van der Waals surface area contributed by atoms with Crippen molar-refractivity contribution in [3.05, 3.63) is 55.0 Å². The molecule has 2 aromatic rings. The third-order valence-corrected chi connectivity index (χ3v) is 4.30. The summed E-state index contributed by atoms with van der Waals surface area (Å²) in [5.41, 5.74) is 8.80. The topological polar surface area (TPSA) is 26.0 Å². The molecule has 0 spiro atoms. The quantitative estimate of drug-likeness (QED) is 0.821. The molecule has 84 valence electrons. The van der Waals surface area contributed by atoms with Crippen LogP contribution >= 0.6 is 33.9 Å². The maximum absolute atomic E-state index is 13.1. The lowest BCUT2D eigenvalue weighted by Crippen LogP contribution is -2.11. The number of hydrogen-bond acceptors (Lipinski definition) is 2. The second-order valence-electron chi connectivity index (χ2n) is 3.67. The number of rotatable bonds is 2. The molecule has 0 bridgehead atoms. The Morgan fingerprint density at radius 1 is 1.31 bits per heavy atom. The zero-order chi connectivity index (χ0) is 11.7. The summed E-state index contributed by atoms with van der Waals surface area (Å²) < 4.78 is 14.3. The fourth-order valence-electron chi connectivity index (χ4n) is 1.54. The minimum Gasteiger partial charge on any atom is -0.320 e. The molecule has 1 aromatic heterocycles. The summed E-state index contributed by atoms with van der Waals surface area (Å²) in [5, 5.41) is 2.05. The van der Waals surface area contributed by atoms with E-state index in [9.17, 15) is 4.39 Å². The Kier molecular flexibility index (Phi) is 3.61. The molecular formula is C12H11FINS. The average Bonchev–Trinajstić information content (AvgIpc) is 2.68. The Bertz CT molecular complexity index is 509. The van der Waals surface area contributed by atoms with Crippen molar-refractivity contribution in [2.45, 2.75) is 13.0 Å². The maximum atomic E-state index is 13.1. The van der Waals surface area contributed by atoms with Crippen LogP contribution in [-0.4, -0.2) is 0 Å². The first-order valence-corrected chi connectivity index (χ1v) is 6.79. The summed E-state index contributed by atoms with van der Waals surface area (Å²) in [5.74, 6) is -0.184. The number of thiophene rings is 1. The molecule has 0 saturated heterocycles. The normalized spacial score (nSPS) is 12.8. The van der Waals surface area contributed by atoms with Crippen molar-refractivity contribution in [1.29, 1.82) is 0 Å². The highest BCUT2D eigenvalue weighted by Crippen LogP contribution is 2.26. The third kappa shape index (κ3) is 2.44. The molecule has 1 nitrogen and oxygen atoms in total. The number of aryl methyl sites for hydroxylation is 1. The molecule has 0 fully saturated rings.